The number of nitrogens with one attached hydrogen (secondary N) is 1. The molecule has 1 atom stereocenters. The molecule has 0 spiro atoms. The second-order valence-electron chi connectivity index (χ2n) is 4.75. The Bertz CT molecular complexity index is 548. The Morgan fingerprint density at radius 1 is 1.37 bits per heavy atom. The van der Waals surface area contributed by atoms with Gasteiger partial charge in [-0.3, -0.25) is 4.68 Å². The van der Waals surface area contributed by atoms with Crippen LogP contribution in [0.1, 0.15) is 36.7 Å². The smallest absolute Gasteiger partial charge is 0.0666 e. The summed E-state index contributed by atoms with van der Waals surface area (Å²) in [5.41, 5.74) is 3.74. The van der Waals surface area contributed by atoms with Crippen molar-refractivity contribution in [2.75, 3.05) is 0 Å². The Kier molecular flexibility index (Phi) is 4.77. The van der Waals surface area contributed by atoms with Gasteiger partial charge in [0.15, 0.2) is 0 Å². The number of halogens is 1. The maximum Gasteiger partial charge on any atom is 0.0666 e. The monoisotopic (exact) mass is 321 g/mol. The third-order valence-electron chi connectivity index (χ3n) is 3.30. The van der Waals surface area contributed by atoms with Crippen molar-refractivity contribution < 1.29 is 0 Å². The molecule has 0 aliphatic heterocycles. The van der Waals surface area contributed by atoms with Gasteiger partial charge < -0.3 is 5.32 Å². The quantitative estimate of drug-likeness (QED) is 0.911. The number of hydrogen-bond donors (Lipinski definition) is 1. The van der Waals surface area contributed by atoms with Gasteiger partial charge in [0, 0.05) is 35.9 Å². The fraction of sp³-hybridized carbons (Fsp3) is 0.400. The zero-order chi connectivity index (χ0) is 13.8. The molecule has 1 aromatic carbocycles. The molecule has 1 N–H and O–H groups in total. The number of benzene rings is 1. The standard InChI is InChI=1S/C15H20BrN3/c1-4-15-12(10-19(3)18-15)9-17-11(2)13-7-5-6-8-14(13)16/h5-8,10-11,17H,4,9H2,1-3H3. The first-order valence-corrected chi connectivity index (χ1v) is 7.40. The number of nitrogens with zero attached hydrogens (tertiary/aromatic N) is 2. The number of aryl methyl sites for hydroxylation is 2. The molecule has 0 radical (unpaired) electrons. The Morgan fingerprint density at radius 2 is 2.11 bits per heavy atom. The Labute approximate surface area is 123 Å². The Morgan fingerprint density at radius 3 is 2.79 bits per heavy atom. The molecule has 0 bridgehead atoms. The van der Waals surface area contributed by atoms with E-state index in [-0.39, 0.29) is 0 Å². The highest BCUT2D eigenvalue weighted by Crippen LogP contribution is 2.23. The van der Waals surface area contributed by atoms with Crippen LogP contribution in [0.5, 0.6) is 0 Å². The van der Waals surface area contributed by atoms with E-state index >= 15 is 0 Å². The lowest BCUT2D eigenvalue weighted by atomic mass is 10.1. The van der Waals surface area contributed by atoms with Crippen LogP contribution in [0.25, 0.3) is 0 Å². The zero-order valence-corrected chi connectivity index (χ0v) is 13.2. The van der Waals surface area contributed by atoms with E-state index in [2.05, 4.69) is 64.6 Å². The first-order chi connectivity index (χ1) is 9.11. The minimum absolute atomic E-state index is 0.306. The van der Waals surface area contributed by atoms with Crippen molar-refractivity contribution in [3.05, 3.63) is 51.8 Å². The normalized spacial score (nSPS) is 12.6. The lowest BCUT2D eigenvalue weighted by Gasteiger charge is -2.15. The first kappa shape index (κ1) is 14.3. The highest BCUT2D eigenvalue weighted by molar-refractivity contribution is 9.10. The molecule has 0 saturated carbocycles. The minimum Gasteiger partial charge on any atom is -0.306 e. The van der Waals surface area contributed by atoms with Crippen molar-refractivity contribution in [1.82, 2.24) is 15.1 Å². The van der Waals surface area contributed by atoms with Crippen LogP contribution >= 0.6 is 15.9 Å². The van der Waals surface area contributed by atoms with E-state index in [1.165, 1.54) is 16.8 Å². The fourth-order valence-electron chi connectivity index (χ4n) is 2.23. The van der Waals surface area contributed by atoms with Crippen molar-refractivity contribution in [2.24, 2.45) is 7.05 Å². The van der Waals surface area contributed by atoms with Gasteiger partial charge in [-0.2, -0.15) is 5.10 Å². The summed E-state index contributed by atoms with van der Waals surface area (Å²) in [4.78, 5) is 0. The van der Waals surface area contributed by atoms with Crippen molar-refractivity contribution >= 4 is 15.9 Å². The van der Waals surface area contributed by atoms with E-state index in [0.717, 1.165) is 17.4 Å². The molecule has 1 unspecified atom stereocenters. The maximum absolute atomic E-state index is 4.46. The second kappa shape index (κ2) is 6.35. The summed E-state index contributed by atoms with van der Waals surface area (Å²) in [5, 5.41) is 8.03. The van der Waals surface area contributed by atoms with Gasteiger partial charge in [0.25, 0.3) is 0 Å². The van der Waals surface area contributed by atoms with E-state index in [0.29, 0.717) is 6.04 Å². The van der Waals surface area contributed by atoms with Crippen molar-refractivity contribution in [2.45, 2.75) is 32.9 Å². The molecular weight excluding hydrogens is 302 g/mol. The maximum atomic E-state index is 4.46. The van der Waals surface area contributed by atoms with Crippen LogP contribution in [0, 0.1) is 0 Å². The van der Waals surface area contributed by atoms with Crippen molar-refractivity contribution in [1.29, 1.82) is 0 Å². The first-order valence-electron chi connectivity index (χ1n) is 6.61. The molecule has 0 fully saturated rings. The summed E-state index contributed by atoms with van der Waals surface area (Å²) in [6, 6.07) is 8.64. The second-order valence-corrected chi connectivity index (χ2v) is 5.61. The SMILES string of the molecule is CCc1nn(C)cc1CNC(C)c1ccccc1Br. The molecular formula is C15H20BrN3. The summed E-state index contributed by atoms with van der Waals surface area (Å²) in [7, 11) is 1.97. The molecule has 4 heteroatoms. The zero-order valence-electron chi connectivity index (χ0n) is 11.7. The van der Waals surface area contributed by atoms with Crippen LogP contribution in [0.2, 0.25) is 0 Å². The molecule has 0 aliphatic carbocycles. The van der Waals surface area contributed by atoms with E-state index in [1.807, 2.05) is 17.8 Å². The molecule has 2 rings (SSSR count). The van der Waals surface area contributed by atoms with Crippen LogP contribution in [-0.4, -0.2) is 9.78 Å². The molecule has 19 heavy (non-hydrogen) atoms. The minimum atomic E-state index is 0.306. The van der Waals surface area contributed by atoms with Crippen LogP contribution in [-0.2, 0) is 20.0 Å². The van der Waals surface area contributed by atoms with E-state index in [1.54, 1.807) is 0 Å². The topological polar surface area (TPSA) is 29.9 Å². The lowest BCUT2D eigenvalue weighted by Crippen LogP contribution is -2.18. The molecule has 3 nitrogen and oxygen atoms in total. The van der Waals surface area contributed by atoms with E-state index in [4.69, 9.17) is 0 Å². The number of rotatable bonds is 5. The predicted octanol–water partition coefficient (Wildman–Crippen LogP) is 3.60. The summed E-state index contributed by atoms with van der Waals surface area (Å²) in [5.74, 6) is 0. The van der Waals surface area contributed by atoms with Crippen LogP contribution in [0.4, 0.5) is 0 Å². The van der Waals surface area contributed by atoms with Gasteiger partial charge in [-0.25, -0.2) is 0 Å². The molecule has 0 saturated heterocycles. The average Bonchev–Trinajstić information content (AvgIpc) is 2.77. The fourth-order valence-corrected chi connectivity index (χ4v) is 2.86. The third-order valence-corrected chi connectivity index (χ3v) is 4.02. The third kappa shape index (κ3) is 3.45. The number of hydrogen-bond acceptors (Lipinski definition) is 2. The molecule has 1 heterocycles. The van der Waals surface area contributed by atoms with Gasteiger partial charge in [-0.05, 0) is 25.0 Å². The largest absolute Gasteiger partial charge is 0.306 e. The highest BCUT2D eigenvalue weighted by Gasteiger charge is 2.10. The summed E-state index contributed by atoms with van der Waals surface area (Å²) in [6.45, 7) is 5.17. The Balaban J connectivity index is 2.04. The molecule has 2 aromatic rings. The summed E-state index contributed by atoms with van der Waals surface area (Å²) < 4.78 is 3.04. The molecule has 1 aromatic heterocycles. The Hall–Kier alpha value is -1.13. The molecule has 0 aliphatic rings. The van der Waals surface area contributed by atoms with Gasteiger partial charge in [0.2, 0.25) is 0 Å². The summed E-state index contributed by atoms with van der Waals surface area (Å²) >= 11 is 3.60. The van der Waals surface area contributed by atoms with Gasteiger partial charge in [-0.1, -0.05) is 41.1 Å². The van der Waals surface area contributed by atoms with Crippen LogP contribution in [0.3, 0.4) is 0 Å². The van der Waals surface area contributed by atoms with Gasteiger partial charge in [-0.15, -0.1) is 0 Å². The highest BCUT2D eigenvalue weighted by atomic mass is 79.9. The van der Waals surface area contributed by atoms with Crippen LogP contribution < -0.4 is 5.32 Å². The molecule has 102 valence electrons. The molecule has 0 amide bonds. The summed E-state index contributed by atoms with van der Waals surface area (Å²) in [6.07, 6.45) is 3.07. The van der Waals surface area contributed by atoms with E-state index in [9.17, 15) is 0 Å². The van der Waals surface area contributed by atoms with Crippen LogP contribution in [0.15, 0.2) is 34.9 Å². The average molecular weight is 322 g/mol. The van der Waals surface area contributed by atoms with Crippen molar-refractivity contribution in [3.8, 4) is 0 Å². The number of aromatic nitrogens is 2. The van der Waals surface area contributed by atoms with Crippen molar-refractivity contribution in [3.63, 3.8) is 0 Å². The lowest BCUT2D eigenvalue weighted by molar-refractivity contribution is 0.570. The van der Waals surface area contributed by atoms with Gasteiger partial charge in [0.05, 0.1) is 5.69 Å². The van der Waals surface area contributed by atoms with Gasteiger partial charge in [0.1, 0.15) is 0 Å². The predicted molar refractivity (Wildman–Crippen MR) is 82.0 cm³/mol. The van der Waals surface area contributed by atoms with E-state index < -0.39 is 0 Å². The van der Waals surface area contributed by atoms with Gasteiger partial charge >= 0.3 is 0 Å².